The lowest BCUT2D eigenvalue weighted by Gasteiger charge is -2.26. The Morgan fingerprint density at radius 1 is 1.19 bits per heavy atom. The Kier molecular flexibility index (Phi) is 5.41. The molecule has 0 atom stereocenters. The highest BCUT2D eigenvalue weighted by atomic mass is 16.5. The van der Waals surface area contributed by atoms with E-state index in [0.717, 1.165) is 73.7 Å². The van der Waals surface area contributed by atoms with Crippen LogP contribution in [-0.4, -0.2) is 56.4 Å². The molecule has 140 valence electrons. The molecule has 26 heavy (non-hydrogen) atoms. The Hall–Kier alpha value is -2.05. The predicted octanol–water partition coefficient (Wildman–Crippen LogP) is 3.01. The van der Waals surface area contributed by atoms with Crippen molar-refractivity contribution in [1.29, 1.82) is 0 Å². The zero-order chi connectivity index (χ0) is 17.8. The van der Waals surface area contributed by atoms with Crippen LogP contribution >= 0.6 is 0 Å². The average molecular weight is 358 g/mol. The van der Waals surface area contributed by atoms with Crippen molar-refractivity contribution in [1.82, 2.24) is 9.88 Å². The second kappa shape index (κ2) is 8.10. The van der Waals surface area contributed by atoms with Crippen molar-refractivity contribution in [3.05, 3.63) is 30.3 Å². The first-order valence-electron chi connectivity index (χ1n) is 9.37. The molecule has 0 spiro atoms. The molecule has 1 saturated heterocycles. The van der Waals surface area contributed by atoms with Gasteiger partial charge < -0.3 is 18.6 Å². The van der Waals surface area contributed by atoms with Crippen LogP contribution in [0.1, 0.15) is 18.5 Å². The SMILES string of the molecule is COc1ccc(-c2ocnc2CC2CC2)cc1OCCN1CCOCC1. The van der Waals surface area contributed by atoms with Crippen LogP contribution in [0, 0.1) is 5.92 Å². The summed E-state index contributed by atoms with van der Waals surface area (Å²) < 4.78 is 22.6. The topological polar surface area (TPSA) is 57.0 Å². The zero-order valence-corrected chi connectivity index (χ0v) is 15.3. The standard InChI is InChI=1S/C20H26N2O4/c1-23-18-5-4-16(20-17(21-14-26-20)12-15-2-3-15)13-19(18)25-11-8-22-6-9-24-10-7-22/h4-5,13-15H,2-3,6-12H2,1H3. The summed E-state index contributed by atoms with van der Waals surface area (Å²) in [7, 11) is 1.66. The summed E-state index contributed by atoms with van der Waals surface area (Å²) in [4.78, 5) is 6.76. The van der Waals surface area contributed by atoms with Crippen LogP contribution in [0.25, 0.3) is 11.3 Å². The normalized spacial score (nSPS) is 18.0. The van der Waals surface area contributed by atoms with Gasteiger partial charge in [-0.2, -0.15) is 0 Å². The van der Waals surface area contributed by atoms with Gasteiger partial charge in [-0.3, -0.25) is 4.90 Å². The van der Waals surface area contributed by atoms with Gasteiger partial charge in [0.15, 0.2) is 23.7 Å². The van der Waals surface area contributed by atoms with E-state index in [1.165, 1.54) is 19.2 Å². The molecule has 6 nitrogen and oxygen atoms in total. The Morgan fingerprint density at radius 3 is 2.81 bits per heavy atom. The van der Waals surface area contributed by atoms with E-state index in [-0.39, 0.29) is 0 Å². The number of rotatable bonds is 8. The molecule has 0 radical (unpaired) electrons. The van der Waals surface area contributed by atoms with E-state index in [4.69, 9.17) is 18.6 Å². The van der Waals surface area contributed by atoms with E-state index in [0.29, 0.717) is 6.61 Å². The number of hydrogen-bond acceptors (Lipinski definition) is 6. The molecule has 1 aliphatic heterocycles. The van der Waals surface area contributed by atoms with E-state index in [9.17, 15) is 0 Å². The highest BCUT2D eigenvalue weighted by molar-refractivity contribution is 5.64. The van der Waals surface area contributed by atoms with Gasteiger partial charge in [0.25, 0.3) is 0 Å². The summed E-state index contributed by atoms with van der Waals surface area (Å²) in [5, 5.41) is 0. The van der Waals surface area contributed by atoms with E-state index < -0.39 is 0 Å². The summed E-state index contributed by atoms with van der Waals surface area (Å²) in [6, 6.07) is 5.93. The third-order valence-corrected chi connectivity index (χ3v) is 5.01. The molecular formula is C20H26N2O4. The van der Waals surface area contributed by atoms with E-state index in [1.54, 1.807) is 7.11 Å². The number of ether oxygens (including phenoxy) is 3. The van der Waals surface area contributed by atoms with E-state index >= 15 is 0 Å². The fourth-order valence-corrected chi connectivity index (χ4v) is 3.29. The van der Waals surface area contributed by atoms with Gasteiger partial charge in [0.2, 0.25) is 0 Å². The Labute approximate surface area is 154 Å². The summed E-state index contributed by atoms with van der Waals surface area (Å²) in [6.45, 7) is 5.02. The van der Waals surface area contributed by atoms with Crippen molar-refractivity contribution < 1.29 is 18.6 Å². The number of aromatic nitrogens is 1. The number of morpholine rings is 1. The molecule has 0 bridgehead atoms. The first kappa shape index (κ1) is 17.4. The molecule has 1 aliphatic carbocycles. The van der Waals surface area contributed by atoms with Gasteiger partial charge in [-0.05, 0) is 43.4 Å². The number of oxazole rings is 1. The second-order valence-electron chi connectivity index (χ2n) is 6.94. The van der Waals surface area contributed by atoms with Crippen molar-refractivity contribution in [2.45, 2.75) is 19.3 Å². The molecule has 6 heteroatoms. The van der Waals surface area contributed by atoms with Gasteiger partial charge in [-0.15, -0.1) is 0 Å². The first-order valence-corrected chi connectivity index (χ1v) is 9.37. The van der Waals surface area contributed by atoms with Crippen LogP contribution in [0.4, 0.5) is 0 Å². The fourth-order valence-electron chi connectivity index (χ4n) is 3.29. The lowest BCUT2D eigenvalue weighted by atomic mass is 10.1. The molecule has 1 aromatic heterocycles. The maximum Gasteiger partial charge on any atom is 0.181 e. The maximum atomic E-state index is 6.03. The summed E-state index contributed by atoms with van der Waals surface area (Å²) in [5.41, 5.74) is 2.03. The van der Waals surface area contributed by atoms with Gasteiger partial charge >= 0.3 is 0 Å². The minimum absolute atomic E-state index is 0.616. The van der Waals surface area contributed by atoms with E-state index in [2.05, 4.69) is 9.88 Å². The Morgan fingerprint density at radius 2 is 2.04 bits per heavy atom. The quantitative estimate of drug-likeness (QED) is 0.723. The van der Waals surface area contributed by atoms with Crippen LogP contribution in [0.2, 0.25) is 0 Å². The largest absolute Gasteiger partial charge is 0.493 e. The Balaban J connectivity index is 1.45. The molecule has 2 aliphatic rings. The van der Waals surface area contributed by atoms with Crippen LogP contribution in [0.3, 0.4) is 0 Å². The second-order valence-corrected chi connectivity index (χ2v) is 6.94. The number of nitrogens with zero attached hydrogens (tertiary/aromatic N) is 2. The Bertz CT molecular complexity index is 720. The van der Waals surface area contributed by atoms with Crippen molar-refractivity contribution in [3.63, 3.8) is 0 Å². The highest BCUT2D eigenvalue weighted by Gasteiger charge is 2.25. The molecule has 2 aromatic rings. The fraction of sp³-hybridized carbons (Fsp3) is 0.550. The minimum atomic E-state index is 0.616. The van der Waals surface area contributed by atoms with Crippen LogP contribution in [0.15, 0.2) is 29.0 Å². The highest BCUT2D eigenvalue weighted by Crippen LogP contribution is 2.37. The molecular weight excluding hydrogens is 332 g/mol. The maximum absolute atomic E-state index is 6.03. The van der Waals surface area contributed by atoms with E-state index in [1.807, 2.05) is 18.2 Å². The number of hydrogen-bond donors (Lipinski definition) is 0. The summed E-state index contributed by atoms with van der Waals surface area (Å²) >= 11 is 0. The van der Waals surface area contributed by atoms with Gasteiger partial charge in [-0.25, -0.2) is 4.98 Å². The summed E-state index contributed by atoms with van der Waals surface area (Å²) in [5.74, 6) is 3.09. The van der Waals surface area contributed by atoms with Gasteiger partial charge in [0.05, 0.1) is 26.0 Å². The van der Waals surface area contributed by atoms with Gasteiger partial charge in [0, 0.05) is 25.2 Å². The molecule has 2 fully saturated rings. The van der Waals surface area contributed by atoms with Crippen molar-refractivity contribution in [2.75, 3.05) is 46.6 Å². The third kappa shape index (κ3) is 4.19. The lowest BCUT2D eigenvalue weighted by molar-refractivity contribution is 0.0321. The predicted molar refractivity (Wildman–Crippen MR) is 97.7 cm³/mol. The zero-order valence-electron chi connectivity index (χ0n) is 15.3. The molecule has 0 amide bonds. The van der Waals surface area contributed by atoms with Gasteiger partial charge in [-0.1, -0.05) is 0 Å². The van der Waals surface area contributed by atoms with Crippen LogP contribution in [0.5, 0.6) is 11.5 Å². The van der Waals surface area contributed by atoms with Crippen LogP contribution in [-0.2, 0) is 11.2 Å². The average Bonchev–Trinajstić information content (AvgIpc) is 3.37. The third-order valence-electron chi connectivity index (χ3n) is 5.01. The lowest BCUT2D eigenvalue weighted by Crippen LogP contribution is -2.38. The molecule has 2 heterocycles. The van der Waals surface area contributed by atoms with Gasteiger partial charge in [0.1, 0.15) is 6.61 Å². The molecule has 0 unspecified atom stereocenters. The molecule has 0 N–H and O–H groups in total. The monoisotopic (exact) mass is 358 g/mol. The number of methoxy groups -OCH3 is 1. The van der Waals surface area contributed by atoms with Crippen molar-refractivity contribution >= 4 is 0 Å². The summed E-state index contributed by atoms with van der Waals surface area (Å²) in [6.07, 6.45) is 5.12. The molecule has 1 saturated carbocycles. The molecule has 1 aromatic carbocycles. The number of benzene rings is 1. The first-order chi connectivity index (χ1) is 12.8. The molecule has 4 rings (SSSR count). The van der Waals surface area contributed by atoms with Crippen molar-refractivity contribution in [2.24, 2.45) is 5.92 Å². The van der Waals surface area contributed by atoms with Crippen molar-refractivity contribution in [3.8, 4) is 22.8 Å². The minimum Gasteiger partial charge on any atom is -0.493 e. The van der Waals surface area contributed by atoms with Crippen LogP contribution < -0.4 is 9.47 Å². The smallest absolute Gasteiger partial charge is 0.181 e.